The van der Waals surface area contributed by atoms with Crippen LogP contribution < -0.4 is 5.73 Å². The number of nitrogens with zero attached hydrogens (tertiary/aromatic N) is 2. The molecule has 6 heteroatoms. The number of fused-ring (bicyclic) bond motifs is 1. The number of aromatic amines is 1. The summed E-state index contributed by atoms with van der Waals surface area (Å²) in [7, 11) is 0. The second-order valence-electron chi connectivity index (χ2n) is 3.83. The van der Waals surface area contributed by atoms with Gasteiger partial charge in [0, 0.05) is 11.2 Å². The van der Waals surface area contributed by atoms with Crippen molar-refractivity contribution in [1.29, 1.82) is 0 Å². The van der Waals surface area contributed by atoms with Crippen molar-refractivity contribution in [1.82, 2.24) is 15.0 Å². The zero-order chi connectivity index (χ0) is 12.7. The molecule has 4 nitrogen and oxygen atoms in total. The summed E-state index contributed by atoms with van der Waals surface area (Å²) in [5.41, 5.74) is 7.86. The van der Waals surface area contributed by atoms with Gasteiger partial charge in [-0.15, -0.1) is 0 Å². The van der Waals surface area contributed by atoms with E-state index in [1.807, 2.05) is 0 Å². The van der Waals surface area contributed by atoms with Crippen LogP contribution in [-0.4, -0.2) is 15.0 Å². The first-order chi connectivity index (χ1) is 8.65. The van der Waals surface area contributed by atoms with Crippen molar-refractivity contribution in [3.8, 4) is 11.4 Å². The average molecular weight is 263 g/mol. The zero-order valence-corrected chi connectivity index (χ0v) is 9.87. The summed E-state index contributed by atoms with van der Waals surface area (Å²) >= 11 is 5.90. The minimum atomic E-state index is -0.443. The smallest absolute Gasteiger partial charge is 0.152 e. The number of imidazole rings is 1. The SMILES string of the molecule is Nc1cc(Cl)cc2[nH]c(-c3ccncc3F)nc12. The highest BCUT2D eigenvalue weighted by atomic mass is 35.5. The van der Waals surface area contributed by atoms with E-state index in [9.17, 15) is 4.39 Å². The van der Waals surface area contributed by atoms with E-state index in [0.29, 0.717) is 33.1 Å². The van der Waals surface area contributed by atoms with Gasteiger partial charge in [-0.1, -0.05) is 11.6 Å². The molecular weight excluding hydrogens is 255 g/mol. The van der Waals surface area contributed by atoms with E-state index in [2.05, 4.69) is 15.0 Å². The molecule has 0 radical (unpaired) electrons. The minimum absolute atomic E-state index is 0.344. The highest BCUT2D eigenvalue weighted by Gasteiger charge is 2.11. The maximum atomic E-state index is 13.6. The van der Waals surface area contributed by atoms with Gasteiger partial charge in [0.05, 0.1) is 23.0 Å². The molecular formula is C12H8ClFN4. The number of rotatable bonds is 1. The van der Waals surface area contributed by atoms with Crippen molar-refractivity contribution in [2.75, 3.05) is 5.73 Å². The van der Waals surface area contributed by atoms with Crippen molar-refractivity contribution in [2.24, 2.45) is 0 Å². The number of H-pyrrole nitrogens is 1. The van der Waals surface area contributed by atoms with Crippen molar-refractivity contribution < 1.29 is 4.39 Å². The molecule has 0 saturated carbocycles. The van der Waals surface area contributed by atoms with Gasteiger partial charge in [-0.3, -0.25) is 4.98 Å². The largest absolute Gasteiger partial charge is 0.397 e. The Kier molecular flexibility index (Phi) is 2.41. The zero-order valence-electron chi connectivity index (χ0n) is 9.11. The molecule has 0 saturated heterocycles. The van der Waals surface area contributed by atoms with Crippen LogP contribution >= 0.6 is 11.6 Å². The molecule has 0 aliphatic rings. The molecule has 1 aromatic carbocycles. The number of hydrogen-bond donors (Lipinski definition) is 2. The van der Waals surface area contributed by atoms with Crippen LogP contribution in [0.5, 0.6) is 0 Å². The summed E-state index contributed by atoms with van der Waals surface area (Å²) in [6.07, 6.45) is 2.64. The molecule has 0 spiro atoms. The number of nitrogens with one attached hydrogen (secondary N) is 1. The Hall–Kier alpha value is -2.14. The summed E-state index contributed by atoms with van der Waals surface area (Å²) < 4.78 is 13.6. The van der Waals surface area contributed by atoms with Gasteiger partial charge in [0.15, 0.2) is 5.82 Å². The van der Waals surface area contributed by atoms with Crippen LogP contribution in [-0.2, 0) is 0 Å². The Morgan fingerprint density at radius 2 is 2.17 bits per heavy atom. The quantitative estimate of drug-likeness (QED) is 0.663. The number of halogens is 2. The Balaban J connectivity index is 2.26. The van der Waals surface area contributed by atoms with E-state index < -0.39 is 5.82 Å². The van der Waals surface area contributed by atoms with E-state index in [0.717, 1.165) is 6.20 Å². The summed E-state index contributed by atoms with van der Waals surface area (Å²) in [5.74, 6) is -0.0416. The molecule has 18 heavy (non-hydrogen) atoms. The average Bonchev–Trinajstić information content (AvgIpc) is 2.73. The molecule has 0 fully saturated rings. The fourth-order valence-electron chi connectivity index (χ4n) is 1.80. The van der Waals surface area contributed by atoms with E-state index in [4.69, 9.17) is 17.3 Å². The van der Waals surface area contributed by atoms with Crippen LogP contribution in [0.15, 0.2) is 30.6 Å². The monoisotopic (exact) mass is 262 g/mol. The molecule has 3 N–H and O–H groups in total. The second kappa shape index (κ2) is 3.96. The molecule has 2 heterocycles. The number of nitrogen functional groups attached to an aromatic ring is 1. The molecule has 2 aromatic heterocycles. The van der Waals surface area contributed by atoms with Gasteiger partial charge in [-0.05, 0) is 18.2 Å². The number of hydrogen-bond acceptors (Lipinski definition) is 3. The number of anilines is 1. The van der Waals surface area contributed by atoms with Gasteiger partial charge in [0.25, 0.3) is 0 Å². The lowest BCUT2D eigenvalue weighted by molar-refractivity contribution is 0.624. The van der Waals surface area contributed by atoms with Crippen LogP contribution in [0.4, 0.5) is 10.1 Å². The molecule has 3 rings (SSSR count). The third kappa shape index (κ3) is 1.69. The Labute approximate surface area is 107 Å². The first-order valence-electron chi connectivity index (χ1n) is 5.20. The maximum absolute atomic E-state index is 13.6. The maximum Gasteiger partial charge on any atom is 0.152 e. The van der Waals surface area contributed by atoms with Crippen LogP contribution in [0.2, 0.25) is 5.02 Å². The van der Waals surface area contributed by atoms with Crippen LogP contribution in [0.3, 0.4) is 0 Å². The normalized spacial score (nSPS) is 11.0. The van der Waals surface area contributed by atoms with Gasteiger partial charge in [-0.2, -0.15) is 0 Å². The topological polar surface area (TPSA) is 67.6 Å². The third-order valence-corrected chi connectivity index (χ3v) is 2.83. The fraction of sp³-hybridized carbons (Fsp3) is 0. The van der Waals surface area contributed by atoms with Crippen LogP contribution in [0.25, 0.3) is 22.4 Å². The predicted molar refractivity (Wildman–Crippen MR) is 68.7 cm³/mol. The lowest BCUT2D eigenvalue weighted by Gasteiger charge is -1.96. The van der Waals surface area contributed by atoms with E-state index in [-0.39, 0.29) is 0 Å². The second-order valence-corrected chi connectivity index (χ2v) is 4.27. The summed E-state index contributed by atoms with van der Waals surface area (Å²) in [4.78, 5) is 11.0. The summed E-state index contributed by atoms with van der Waals surface area (Å²) in [5, 5.41) is 0.505. The van der Waals surface area contributed by atoms with Crippen molar-refractivity contribution >= 4 is 28.3 Å². The lowest BCUT2D eigenvalue weighted by Crippen LogP contribution is -1.88. The number of benzene rings is 1. The molecule has 0 aliphatic heterocycles. The van der Waals surface area contributed by atoms with Crippen molar-refractivity contribution in [3.63, 3.8) is 0 Å². The summed E-state index contributed by atoms with van der Waals surface area (Å²) in [6.45, 7) is 0. The lowest BCUT2D eigenvalue weighted by atomic mass is 10.2. The Morgan fingerprint density at radius 1 is 1.33 bits per heavy atom. The van der Waals surface area contributed by atoms with Crippen LogP contribution in [0.1, 0.15) is 0 Å². The van der Waals surface area contributed by atoms with E-state index in [1.54, 1.807) is 18.2 Å². The van der Waals surface area contributed by atoms with E-state index in [1.165, 1.54) is 6.20 Å². The third-order valence-electron chi connectivity index (χ3n) is 2.61. The first kappa shape index (κ1) is 11.0. The molecule has 0 amide bonds. The van der Waals surface area contributed by atoms with Gasteiger partial charge in [0.2, 0.25) is 0 Å². The molecule has 0 atom stereocenters. The van der Waals surface area contributed by atoms with Crippen molar-refractivity contribution in [3.05, 3.63) is 41.4 Å². The number of nitrogens with two attached hydrogens (primary N) is 1. The number of pyridine rings is 1. The van der Waals surface area contributed by atoms with Crippen LogP contribution in [0, 0.1) is 5.82 Å². The molecule has 90 valence electrons. The molecule has 0 aliphatic carbocycles. The molecule has 3 aromatic rings. The van der Waals surface area contributed by atoms with Gasteiger partial charge in [-0.25, -0.2) is 9.37 Å². The molecule has 0 bridgehead atoms. The highest BCUT2D eigenvalue weighted by molar-refractivity contribution is 6.31. The standard InChI is InChI=1S/C12H8ClFN4/c13-6-3-9(15)11-10(4-6)17-12(18-11)7-1-2-16-5-8(7)14/h1-5H,15H2,(H,17,18). The predicted octanol–water partition coefficient (Wildman–Crippen LogP) is 3.00. The summed E-state index contributed by atoms with van der Waals surface area (Å²) in [6, 6.07) is 4.85. The Bertz CT molecular complexity index is 738. The highest BCUT2D eigenvalue weighted by Crippen LogP contribution is 2.28. The van der Waals surface area contributed by atoms with Gasteiger partial charge < -0.3 is 10.7 Å². The fourth-order valence-corrected chi connectivity index (χ4v) is 2.03. The Morgan fingerprint density at radius 3 is 2.94 bits per heavy atom. The minimum Gasteiger partial charge on any atom is -0.397 e. The van der Waals surface area contributed by atoms with E-state index >= 15 is 0 Å². The number of aromatic nitrogens is 3. The molecule has 0 unspecified atom stereocenters. The van der Waals surface area contributed by atoms with Gasteiger partial charge >= 0.3 is 0 Å². The van der Waals surface area contributed by atoms with Crippen molar-refractivity contribution in [2.45, 2.75) is 0 Å². The van der Waals surface area contributed by atoms with Gasteiger partial charge in [0.1, 0.15) is 11.3 Å². The first-order valence-corrected chi connectivity index (χ1v) is 5.57.